The SMILES string of the molecule is CNOCc1ccccc1.Cl.Cl.NOCc1ccccc1. The van der Waals surface area contributed by atoms with Crippen molar-refractivity contribution in [2.24, 2.45) is 5.90 Å². The molecule has 2 aromatic carbocycles. The summed E-state index contributed by atoms with van der Waals surface area (Å²) in [4.78, 5) is 9.40. The zero-order valence-corrected chi connectivity index (χ0v) is 13.5. The van der Waals surface area contributed by atoms with Crippen molar-refractivity contribution in [2.45, 2.75) is 13.2 Å². The van der Waals surface area contributed by atoms with Crippen LogP contribution in [-0.2, 0) is 22.9 Å². The van der Waals surface area contributed by atoms with Gasteiger partial charge in [0.25, 0.3) is 0 Å². The number of hydrogen-bond acceptors (Lipinski definition) is 4. The van der Waals surface area contributed by atoms with Crippen LogP contribution in [0, 0.1) is 0 Å². The van der Waals surface area contributed by atoms with Gasteiger partial charge in [0.15, 0.2) is 0 Å². The molecule has 21 heavy (non-hydrogen) atoms. The first-order valence-corrected chi connectivity index (χ1v) is 6.05. The topological polar surface area (TPSA) is 56.5 Å². The fourth-order valence-corrected chi connectivity index (χ4v) is 1.40. The molecular weight excluding hydrogens is 311 g/mol. The van der Waals surface area contributed by atoms with Gasteiger partial charge in [-0.2, -0.15) is 0 Å². The highest BCUT2D eigenvalue weighted by Gasteiger charge is 1.87. The van der Waals surface area contributed by atoms with Crippen LogP contribution in [0.25, 0.3) is 0 Å². The summed E-state index contributed by atoms with van der Waals surface area (Å²) in [5.74, 6) is 4.86. The second-order valence-corrected chi connectivity index (χ2v) is 3.78. The molecule has 4 nitrogen and oxygen atoms in total. The van der Waals surface area contributed by atoms with Gasteiger partial charge < -0.3 is 0 Å². The minimum absolute atomic E-state index is 0. The molecule has 0 amide bonds. The predicted molar refractivity (Wildman–Crippen MR) is 90.2 cm³/mol. The van der Waals surface area contributed by atoms with Crippen LogP contribution >= 0.6 is 24.8 Å². The zero-order chi connectivity index (χ0) is 13.8. The van der Waals surface area contributed by atoms with Gasteiger partial charge in [-0.3, -0.25) is 9.68 Å². The number of halogens is 2. The van der Waals surface area contributed by atoms with Crippen molar-refractivity contribution < 1.29 is 9.68 Å². The Labute approximate surface area is 138 Å². The van der Waals surface area contributed by atoms with Crippen molar-refractivity contribution in [1.29, 1.82) is 0 Å². The van der Waals surface area contributed by atoms with Crippen LogP contribution in [0.2, 0.25) is 0 Å². The normalized spacial score (nSPS) is 8.67. The molecule has 118 valence electrons. The molecule has 0 atom stereocenters. The summed E-state index contributed by atoms with van der Waals surface area (Å²) in [7, 11) is 1.75. The first kappa shape index (κ1) is 22.1. The van der Waals surface area contributed by atoms with E-state index in [1.807, 2.05) is 60.7 Å². The van der Waals surface area contributed by atoms with Crippen LogP contribution in [0.5, 0.6) is 0 Å². The summed E-state index contributed by atoms with van der Waals surface area (Å²) in [6, 6.07) is 19.8. The Bertz CT molecular complexity index is 430. The number of benzene rings is 2. The second kappa shape index (κ2) is 15.3. The lowest BCUT2D eigenvalue weighted by molar-refractivity contribution is 0.0444. The van der Waals surface area contributed by atoms with Gasteiger partial charge in [-0.1, -0.05) is 60.7 Å². The van der Waals surface area contributed by atoms with E-state index in [4.69, 9.17) is 10.7 Å². The fourth-order valence-electron chi connectivity index (χ4n) is 1.40. The first-order valence-electron chi connectivity index (χ1n) is 6.05. The van der Waals surface area contributed by atoms with Crippen LogP contribution < -0.4 is 11.4 Å². The zero-order valence-electron chi connectivity index (χ0n) is 11.9. The Kier molecular flexibility index (Phi) is 16.1. The lowest BCUT2D eigenvalue weighted by atomic mass is 10.2. The fraction of sp³-hybridized carbons (Fsp3) is 0.200. The average molecular weight is 333 g/mol. The van der Waals surface area contributed by atoms with Gasteiger partial charge in [-0.05, 0) is 11.1 Å². The van der Waals surface area contributed by atoms with E-state index in [0.717, 1.165) is 5.56 Å². The maximum absolute atomic E-state index is 4.97. The highest BCUT2D eigenvalue weighted by molar-refractivity contribution is 5.85. The van der Waals surface area contributed by atoms with Crippen LogP contribution in [0.15, 0.2) is 60.7 Å². The number of rotatable bonds is 5. The summed E-state index contributed by atoms with van der Waals surface area (Å²) >= 11 is 0. The van der Waals surface area contributed by atoms with Gasteiger partial charge in [-0.25, -0.2) is 11.4 Å². The van der Waals surface area contributed by atoms with Crippen molar-refractivity contribution in [3.05, 3.63) is 71.8 Å². The van der Waals surface area contributed by atoms with Gasteiger partial charge in [0.05, 0.1) is 13.2 Å². The van der Waals surface area contributed by atoms with Crippen molar-refractivity contribution in [1.82, 2.24) is 5.48 Å². The van der Waals surface area contributed by atoms with E-state index in [1.54, 1.807) is 7.05 Å². The summed E-state index contributed by atoms with van der Waals surface area (Å²) in [6.45, 7) is 1.11. The van der Waals surface area contributed by atoms with Gasteiger partial charge >= 0.3 is 0 Å². The third-order valence-electron chi connectivity index (χ3n) is 2.32. The summed E-state index contributed by atoms with van der Waals surface area (Å²) in [5.41, 5.74) is 4.89. The van der Waals surface area contributed by atoms with E-state index >= 15 is 0 Å². The van der Waals surface area contributed by atoms with Crippen LogP contribution in [0.1, 0.15) is 11.1 Å². The van der Waals surface area contributed by atoms with Crippen LogP contribution in [-0.4, -0.2) is 7.05 Å². The quantitative estimate of drug-likeness (QED) is 0.825. The molecule has 0 aliphatic heterocycles. The smallest absolute Gasteiger partial charge is 0.0932 e. The molecule has 0 spiro atoms. The van der Waals surface area contributed by atoms with Crippen molar-refractivity contribution in [2.75, 3.05) is 7.05 Å². The summed E-state index contributed by atoms with van der Waals surface area (Å²) in [6.07, 6.45) is 0. The Morgan fingerprint density at radius 1 is 0.810 bits per heavy atom. The van der Waals surface area contributed by atoms with Gasteiger partial charge in [0.1, 0.15) is 0 Å². The molecule has 0 unspecified atom stereocenters. The van der Waals surface area contributed by atoms with Crippen molar-refractivity contribution in [3.63, 3.8) is 0 Å². The number of hydrogen-bond donors (Lipinski definition) is 2. The standard InChI is InChI=1S/C8H11NO.C7H9NO.2ClH/c1-9-10-7-8-5-3-2-4-6-8;8-9-6-7-4-2-1-3-5-7;;/h2-6,9H,7H2,1H3;1-5H,6,8H2;2*1H. The molecule has 2 rings (SSSR count). The van der Waals surface area contributed by atoms with Crippen molar-refractivity contribution >= 4 is 24.8 Å². The first-order chi connectivity index (χ1) is 9.36. The second-order valence-electron chi connectivity index (χ2n) is 3.78. The Balaban J connectivity index is 0. The van der Waals surface area contributed by atoms with Gasteiger partial charge in [0, 0.05) is 7.05 Å². The van der Waals surface area contributed by atoms with Crippen LogP contribution in [0.4, 0.5) is 0 Å². The van der Waals surface area contributed by atoms with E-state index in [2.05, 4.69) is 10.3 Å². The Morgan fingerprint density at radius 3 is 1.62 bits per heavy atom. The molecule has 0 heterocycles. The monoisotopic (exact) mass is 332 g/mol. The highest BCUT2D eigenvalue weighted by Crippen LogP contribution is 1.98. The lowest BCUT2D eigenvalue weighted by Gasteiger charge is -1.99. The number of nitrogens with one attached hydrogen (secondary N) is 1. The molecule has 0 bridgehead atoms. The summed E-state index contributed by atoms with van der Waals surface area (Å²) in [5, 5.41) is 0. The molecule has 0 saturated carbocycles. The Hall–Kier alpha value is -1.14. The average Bonchev–Trinajstić information content (AvgIpc) is 2.48. The van der Waals surface area contributed by atoms with E-state index < -0.39 is 0 Å². The third kappa shape index (κ3) is 11.2. The lowest BCUT2D eigenvalue weighted by Crippen LogP contribution is -2.06. The largest absolute Gasteiger partial charge is 0.300 e. The molecule has 0 aliphatic rings. The van der Waals surface area contributed by atoms with E-state index in [9.17, 15) is 0 Å². The van der Waals surface area contributed by atoms with E-state index in [0.29, 0.717) is 13.2 Å². The number of hydroxylamine groups is 1. The van der Waals surface area contributed by atoms with Crippen molar-refractivity contribution in [3.8, 4) is 0 Å². The number of nitrogens with two attached hydrogens (primary N) is 1. The summed E-state index contributed by atoms with van der Waals surface area (Å²) < 4.78 is 0. The van der Waals surface area contributed by atoms with E-state index in [-0.39, 0.29) is 24.8 Å². The maximum Gasteiger partial charge on any atom is 0.0932 e. The molecule has 0 fully saturated rings. The predicted octanol–water partition coefficient (Wildman–Crippen LogP) is 3.26. The molecule has 0 aliphatic carbocycles. The highest BCUT2D eigenvalue weighted by atomic mass is 35.5. The third-order valence-corrected chi connectivity index (χ3v) is 2.32. The van der Waals surface area contributed by atoms with Crippen LogP contribution in [0.3, 0.4) is 0 Å². The van der Waals surface area contributed by atoms with Gasteiger partial charge in [-0.15, -0.1) is 24.8 Å². The molecule has 0 radical (unpaired) electrons. The molecule has 3 N–H and O–H groups in total. The molecule has 6 heteroatoms. The van der Waals surface area contributed by atoms with E-state index in [1.165, 1.54) is 5.56 Å². The molecule has 0 aromatic heterocycles. The molecule has 0 saturated heterocycles. The minimum atomic E-state index is 0. The molecular formula is C15H22Cl2N2O2. The van der Waals surface area contributed by atoms with Gasteiger partial charge in [0.2, 0.25) is 0 Å². The maximum atomic E-state index is 4.97. The minimum Gasteiger partial charge on any atom is -0.300 e. The Morgan fingerprint density at radius 2 is 1.24 bits per heavy atom. The molecule has 2 aromatic rings.